The average molecular weight is 278 g/mol. The van der Waals surface area contributed by atoms with E-state index in [2.05, 4.69) is 4.98 Å². The van der Waals surface area contributed by atoms with Gasteiger partial charge in [0.2, 0.25) is 5.88 Å². The predicted molar refractivity (Wildman–Crippen MR) is 75.2 cm³/mol. The Labute approximate surface area is 117 Å². The lowest BCUT2D eigenvalue weighted by Crippen LogP contribution is -2.17. The first-order valence-electron chi connectivity index (χ1n) is 6.75. The zero-order valence-corrected chi connectivity index (χ0v) is 11.6. The van der Waals surface area contributed by atoms with Crippen LogP contribution in [-0.2, 0) is 17.8 Å². The van der Waals surface area contributed by atoms with Crippen LogP contribution in [0.1, 0.15) is 36.0 Å². The van der Waals surface area contributed by atoms with Crippen molar-refractivity contribution >= 4 is 18.0 Å². The van der Waals surface area contributed by atoms with E-state index in [1.165, 1.54) is 25.5 Å². The van der Waals surface area contributed by atoms with Crippen LogP contribution in [0.25, 0.3) is 0 Å². The zero-order valence-electron chi connectivity index (χ0n) is 10.8. The fourth-order valence-corrected chi connectivity index (χ4v) is 3.79. The lowest BCUT2D eigenvalue weighted by atomic mass is 9.87. The van der Waals surface area contributed by atoms with Crippen LogP contribution < -0.4 is 0 Å². The van der Waals surface area contributed by atoms with Crippen LogP contribution in [0, 0.1) is 11.3 Å². The highest BCUT2D eigenvalue weighted by atomic mass is 32.2. The van der Waals surface area contributed by atoms with Crippen LogP contribution in [-0.4, -0.2) is 28.7 Å². The Morgan fingerprint density at radius 2 is 2.26 bits per heavy atom. The number of aromatic hydroxyl groups is 1. The van der Waals surface area contributed by atoms with Gasteiger partial charge in [-0.15, -0.1) is 11.8 Å². The van der Waals surface area contributed by atoms with Crippen molar-refractivity contribution in [2.75, 3.05) is 12.4 Å². The van der Waals surface area contributed by atoms with Gasteiger partial charge in [-0.2, -0.15) is 0 Å². The van der Waals surface area contributed by atoms with Crippen LogP contribution >= 0.6 is 11.8 Å². The molecule has 1 aromatic rings. The number of nitrogens with zero attached hydrogens (tertiary/aromatic N) is 1. The quantitative estimate of drug-likeness (QED) is 0.656. The summed E-state index contributed by atoms with van der Waals surface area (Å²) in [5.74, 6) is 1.87. The van der Waals surface area contributed by atoms with Crippen molar-refractivity contribution in [3.8, 4) is 5.88 Å². The van der Waals surface area contributed by atoms with E-state index in [9.17, 15) is 5.11 Å². The third-order valence-corrected chi connectivity index (χ3v) is 5.21. The summed E-state index contributed by atoms with van der Waals surface area (Å²) in [4.78, 5) is 4.27. The van der Waals surface area contributed by atoms with Gasteiger partial charge in [-0.05, 0) is 30.7 Å². The van der Waals surface area contributed by atoms with Gasteiger partial charge in [0.15, 0.2) is 0 Å². The van der Waals surface area contributed by atoms with E-state index < -0.39 is 0 Å². The van der Waals surface area contributed by atoms with E-state index in [1.807, 2.05) is 0 Å². The van der Waals surface area contributed by atoms with Crippen LogP contribution in [0.15, 0.2) is 5.03 Å². The van der Waals surface area contributed by atoms with Crippen LogP contribution in [0.3, 0.4) is 0 Å². The molecule has 5 heteroatoms. The van der Waals surface area contributed by atoms with Crippen molar-refractivity contribution in [3.05, 3.63) is 16.7 Å². The van der Waals surface area contributed by atoms with E-state index in [1.54, 1.807) is 11.8 Å². The van der Waals surface area contributed by atoms with E-state index in [0.717, 1.165) is 34.2 Å². The van der Waals surface area contributed by atoms with E-state index in [0.29, 0.717) is 18.8 Å². The maximum Gasteiger partial charge on any atom is 0.221 e. The Bertz CT molecular complexity index is 501. The minimum atomic E-state index is -0.00763. The van der Waals surface area contributed by atoms with E-state index in [-0.39, 0.29) is 5.88 Å². The molecule has 1 fully saturated rings. The Balaban J connectivity index is 1.89. The number of aromatic nitrogens is 1. The van der Waals surface area contributed by atoms with Gasteiger partial charge in [0, 0.05) is 17.5 Å². The van der Waals surface area contributed by atoms with Crippen molar-refractivity contribution in [3.63, 3.8) is 0 Å². The molecule has 4 nitrogen and oxygen atoms in total. The SMILES string of the molecule is N=Cc1c(O)nc(SCC2CCC2)c2c1CCOC2. The molecular formula is C14H18N2O2S. The van der Waals surface area contributed by atoms with Gasteiger partial charge in [0.1, 0.15) is 5.03 Å². The Kier molecular flexibility index (Phi) is 3.75. The second kappa shape index (κ2) is 5.51. The number of hydrogen-bond acceptors (Lipinski definition) is 5. The molecule has 1 aliphatic heterocycles. The van der Waals surface area contributed by atoms with Crippen molar-refractivity contribution < 1.29 is 9.84 Å². The average Bonchev–Trinajstić information content (AvgIpc) is 2.37. The molecule has 0 radical (unpaired) electrons. The van der Waals surface area contributed by atoms with Crippen molar-refractivity contribution in [1.82, 2.24) is 4.98 Å². The summed E-state index contributed by atoms with van der Waals surface area (Å²) in [6, 6.07) is 0. The van der Waals surface area contributed by atoms with Crippen molar-refractivity contribution in [2.24, 2.45) is 5.92 Å². The minimum Gasteiger partial charge on any atom is -0.493 e. The van der Waals surface area contributed by atoms with Crippen LogP contribution in [0.5, 0.6) is 5.88 Å². The smallest absolute Gasteiger partial charge is 0.221 e. The lowest BCUT2D eigenvalue weighted by molar-refractivity contribution is 0.108. The molecule has 1 saturated carbocycles. The molecule has 2 heterocycles. The van der Waals surface area contributed by atoms with Gasteiger partial charge in [0.25, 0.3) is 0 Å². The summed E-state index contributed by atoms with van der Waals surface area (Å²) in [5.41, 5.74) is 2.68. The molecule has 0 atom stereocenters. The summed E-state index contributed by atoms with van der Waals surface area (Å²) in [5, 5.41) is 18.3. The maximum atomic E-state index is 9.97. The molecule has 0 spiro atoms. The molecule has 0 saturated heterocycles. The topological polar surface area (TPSA) is 66.2 Å². The van der Waals surface area contributed by atoms with Gasteiger partial charge >= 0.3 is 0 Å². The fraction of sp³-hybridized carbons (Fsp3) is 0.571. The molecule has 0 amide bonds. The third kappa shape index (κ3) is 2.49. The second-order valence-electron chi connectivity index (χ2n) is 5.17. The molecule has 0 unspecified atom stereocenters. The molecule has 2 N–H and O–H groups in total. The van der Waals surface area contributed by atoms with Gasteiger partial charge in [-0.3, -0.25) is 0 Å². The van der Waals surface area contributed by atoms with Gasteiger partial charge in [0.05, 0.1) is 18.8 Å². The zero-order chi connectivity index (χ0) is 13.2. The molecule has 1 aromatic heterocycles. The lowest BCUT2D eigenvalue weighted by Gasteiger charge is -2.26. The maximum absolute atomic E-state index is 9.97. The van der Waals surface area contributed by atoms with Gasteiger partial charge in [-0.1, -0.05) is 6.42 Å². The summed E-state index contributed by atoms with van der Waals surface area (Å²) < 4.78 is 5.51. The fourth-order valence-electron chi connectivity index (χ4n) is 2.56. The molecule has 0 aromatic carbocycles. The number of thioether (sulfide) groups is 1. The van der Waals surface area contributed by atoms with Crippen molar-refractivity contribution in [2.45, 2.75) is 37.3 Å². The summed E-state index contributed by atoms with van der Waals surface area (Å²) >= 11 is 1.73. The number of pyridine rings is 1. The van der Waals surface area contributed by atoms with Crippen molar-refractivity contribution in [1.29, 1.82) is 5.41 Å². The molecule has 1 aliphatic carbocycles. The number of rotatable bonds is 4. The predicted octanol–water partition coefficient (Wildman–Crippen LogP) is 2.75. The molecule has 3 rings (SSSR count). The Morgan fingerprint density at radius 3 is 2.95 bits per heavy atom. The monoisotopic (exact) mass is 278 g/mol. The first-order valence-corrected chi connectivity index (χ1v) is 7.74. The summed E-state index contributed by atoms with van der Waals surface area (Å²) in [6.45, 7) is 1.21. The normalized spacial score (nSPS) is 18.7. The first-order chi connectivity index (χ1) is 9.29. The minimum absolute atomic E-state index is 0.00763. The molecule has 2 aliphatic rings. The molecule has 19 heavy (non-hydrogen) atoms. The number of ether oxygens (including phenoxy) is 1. The number of fused-ring (bicyclic) bond motifs is 1. The molecule has 102 valence electrons. The van der Waals surface area contributed by atoms with Crippen LogP contribution in [0.4, 0.5) is 0 Å². The number of hydrogen-bond donors (Lipinski definition) is 2. The van der Waals surface area contributed by atoms with E-state index in [4.69, 9.17) is 10.1 Å². The summed E-state index contributed by atoms with van der Waals surface area (Å²) in [6.07, 6.45) is 5.93. The van der Waals surface area contributed by atoms with Gasteiger partial charge in [-0.25, -0.2) is 4.98 Å². The molecule has 0 bridgehead atoms. The second-order valence-corrected chi connectivity index (χ2v) is 6.17. The van der Waals surface area contributed by atoms with E-state index >= 15 is 0 Å². The van der Waals surface area contributed by atoms with Gasteiger partial charge < -0.3 is 15.3 Å². The highest BCUT2D eigenvalue weighted by Gasteiger charge is 2.23. The van der Waals surface area contributed by atoms with Crippen LogP contribution in [0.2, 0.25) is 0 Å². The summed E-state index contributed by atoms with van der Waals surface area (Å²) in [7, 11) is 0. The third-order valence-electron chi connectivity index (χ3n) is 3.96. The Morgan fingerprint density at radius 1 is 1.42 bits per heavy atom. The number of nitrogens with one attached hydrogen (secondary N) is 1. The largest absolute Gasteiger partial charge is 0.493 e. The molecular weight excluding hydrogens is 260 g/mol. The first kappa shape index (κ1) is 12.9. The Hall–Kier alpha value is -1.07. The highest BCUT2D eigenvalue weighted by Crippen LogP contribution is 2.37. The standard InChI is InChI=1S/C14H18N2O2S/c15-6-11-10-4-5-18-7-12(10)14(16-13(11)17)19-8-9-2-1-3-9/h6,9,15H,1-5,7-8H2,(H,16,17). The highest BCUT2D eigenvalue weighted by molar-refractivity contribution is 7.99.